The third-order valence-electron chi connectivity index (χ3n) is 4.87. The van der Waals surface area contributed by atoms with Crippen LogP contribution in [0.25, 0.3) is 0 Å². The van der Waals surface area contributed by atoms with Crippen LogP contribution in [0.1, 0.15) is 24.8 Å². The number of anilines is 1. The van der Waals surface area contributed by atoms with Gasteiger partial charge in [0.2, 0.25) is 0 Å². The van der Waals surface area contributed by atoms with Gasteiger partial charge >= 0.3 is 0 Å². The Balaban J connectivity index is 1.50. The molecule has 134 valence electrons. The molecule has 0 unspecified atom stereocenters. The van der Waals surface area contributed by atoms with E-state index in [4.69, 9.17) is 0 Å². The van der Waals surface area contributed by atoms with Gasteiger partial charge in [0.25, 0.3) is 0 Å². The second kappa shape index (κ2) is 9.88. The average molecular weight is 355 g/mol. The number of thioether (sulfide) groups is 1. The first-order chi connectivity index (χ1) is 12.3. The zero-order valence-electron chi connectivity index (χ0n) is 15.4. The molecule has 1 aliphatic rings. The van der Waals surface area contributed by atoms with Gasteiger partial charge in [0, 0.05) is 30.2 Å². The fourth-order valence-electron chi connectivity index (χ4n) is 3.36. The Morgan fingerprint density at radius 3 is 2.36 bits per heavy atom. The molecular formula is C22H30N2S. The van der Waals surface area contributed by atoms with Crippen molar-refractivity contribution in [3.63, 3.8) is 0 Å². The van der Waals surface area contributed by atoms with Crippen molar-refractivity contribution in [1.82, 2.24) is 4.90 Å². The number of likely N-dealkylation sites (tertiary alicyclic amines) is 1. The molecule has 2 nitrogen and oxygen atoms in total. The first kappa shape index (κ1) is 18.3. The third-order valence-corrected chi connectivity index (χ3v) is 5.97. The fourth-order valence-corrected chi connectivity index (χ4v) is 4.21. The number of rotatable bonds is 9. The maximum Gasteiger partial charge on any atom is 0.0366 e. The minimum Gasteiger partial charge on any atom is -0.370 e. The molecule has 0 N–H and O–H groups in total. The van der Waals surface area contributed by atoms with E-state index in [1.54, 1.807) is 0 Å². The lowest BCUT2D eigenvalue weighted by molar-refractivity contribution is 0.344. The topological polar surface area (TPSA) is 6.48 Å². The number of hydrogen-bond donors (Lipinski definition) is 0. The first-order valence-electron chi connectivity index (χ1n) is 9.53. The van der Waals surface area contributed by atoms with Crippen molar-refractivity contribution in [3.05, 3.63) is 60.2 Å². The fraction of sp³-hybridized carbons (Fsp3) is 0.455. The van der Waals surface area contributed by atoms with Crippen molar-refractivity contribution in [2.24, 2.45) is 0 Å². The number of benzene rings is 2. The standard InChI is InChI=1S/C22H30N2S/c1-20-10-12-21(13-11-20)24(18-17-23-14-5-6-15-23)16-7-19-25-22-8-3-2-4-9-22/h2-4,8-13H,5-7,14-19H2,1H3. The maximum absolute atomic E-state index is 2.61. The van der Waals surface area contributed by atoms with Gasteiger partial charge in [-0.1, -0.05) is 35.9 Å². The monoisotopic (exact) mass is 354 g/mol. The molecule has 0 aromatic heterocycles. The van der Waals surface area contributed by atoms with Gasteiger partial charge in [-0.05, 0) is 69.3 Å². The Kier molecular flexibility index (Phi) is 7.25. The molecule has 0 saturated carbocycles. The Morgan fingerprint density at radius 2 is 1.64 bits per heavy atom. The van der Waals surface area contributed by atoms with Crippen LogP contribution >= 0.6 is 11.8 Å². The molecule has 0 aliphatic carbocycles. The summed E-state index contributed by atoms with van der Waals surface area (Å²) in [6, 6.07) is 19.8. The minimum absolute atomic E-state index is 1.14. The van der Waals surface area contributed by atoms with Crippen molar-refractivity contribution in [3.8, 4) is 0 Å². The van der Waals surface area contributed by atoms with Crippen molar-refractivity contribution in [1.29, 1.82) is 0 Å². The van der Waals surface area contributed by atoms with E-state index in [-0.39, 0.29) is 0 Å². The van der Waals surface area contributed by atoms with Gasteiger partial charge < -0.3 is 9.80 Å². The Morgan fingerprint density at radius 1 is 0.920 bits per heavy atom. The zero-order valence-corrected chi connectivity index (χ0v) is 16.2. The lowest BCUT2D eigenvalue weighted by Gasteiger charge is -2.27. The highest BCUT2D eigenvalue weighted by Crippen LogP contribution is 2.20. The molecule has 25 heavy (non-hydrogen) atoms. The largest absolute Gasteiger partial charge is 0.370 e. The zero-order chi connectivity index (χ0) is 17.3. The van der Waals surface area contributed by atoms with Gasteiger partial charge in [0.15, 0.2) is 0 Å². The van der Waals surface area contributed by atoms with Gasteiger partial charge in [-0.2, -0.15) is 0 Å². The van der Waals surface area contributed by atoms with E-state index < -0.39 is 0 Å². The van der Waals surface area contributed by atoms with Crippen molar-refractivity contribution in [2.45, 2.75) is 31.1 Å². The summed E-state index contributed by atoms with van der Waals surface area (Å²) in [5, 5.41) is 0. The van der Waals surface area contributed by atoms with Gasteiger partial charge in [-0.3, -0.25) is 0 Å². The van der Waals surface area contributed by atoms with Crippen LogP contribution in [0, 0.1) is 6.92 Å². The second-order valence-corrected chi connectivity index (χ2v) is 8.05. The van der Waals surface area contributed by atoms with Crippen LogP contribution in [0.15, 0.2) is 59.5 Å². The van der Waals surface area contributed by atoms with E-state index in [0.29, 0.717) is 0 Å². The van der Waals surface area contributed by atoms with Gasteiger partial charge in [0.1, 0.15) is 0 Å². The van der Waals surface area contributed by atoms with Crippen molar-refractivity contribution >= 4 is 17.4 Å². The molecule has 0 spiro atoms. The highest BCUT2D eigenvalue weighted by Gasteiger charge is 2.13. The molecule has 0 radical (unpaired) electrons. The average Bonchev–Trinajstić information content (AvgIpc) is 3.16. The van der Waals surface area contributed by atoms with E-state index in [0.717, 1.165) is 13.1 Å². The van der Waals surface area contributed by atoms with Crippen LogP contribution in [-0.4, -0.2) is 43.4 Å². The summed E-state index contributed by atoms with van der Waals surface area (Å²) in [6.45, 7) is 8.20. The summed E-state index contributed by atoms with van der Waals surface area (Å²) in [7, 11) is 0. The van der Waals surface area contributed by atoms with Gasteiger partial charge in [-0.25, -0.2) is 0 Å². The molecule has 1 heterocycles. The summed E-state index contributed by atoms with van der Waals surface area (Å²) in [5.74, 6) is 1.18. The highest BCUT2D eigenvalue weighted by atomic mass is 32.2. The summed E-state index contributed by atoms with van der Waals surface area (Å²) in [5.41, 5.74) is 2.71. The van der Waals surface area contributed by atoms with Gasteiger partial charge in [-0.15, -0.1) is 11.8 Å². The summed E-state index contributed by atoms with van der Waals surface area (Å²) in [6.07, 6.45) is 3.96. The van der Waals surface area contributed by atoms with Crippen LogP contribution in [0.2, 0.25) is 0 Å². The molecule has 2 aromatic carbocycles. The molecular weight excluding hydrogens is 324 g/mol. The molecule has 3 rings (SSSR count). The minimum atomic E-state index is 1.14. The lowest BCUT2D eigenvalue weighted by atomic mass is 10.2. The highest BCUT2D eigenvalue weighted by molar-refractivity contribution is 7.99. The summed E-state index contributed by atoms with van der Waals surface area (Å²) < 4.78 is 0. The normalized spacial score (nSPS) is 14.8. The quantitative estimate of drug-likeness (QED) is 0.458. The maximum atomic E-state index is 2.61. The smallest absolute Gasteiger partial charge is 0.0366 e. The Bertz CT molecular complexity index is 606. The van der Waals surface area contributed by atoms with Crippen LogP contribution in [-0.2, 0) is 0 Å². The number of nitrogens with zero attached hydrogens (tertiary/aromatic N) is 2. The lowest BCUT2D eigenvalue weighted by Crippen LogP contribution is -2.34. The predicted octanol–water partition coefficient (Wildman–Crippen LogP) is 5.08. The molecule has 1 fully saturated rings. The molecule has 2 aromatic rings. The Labute approximate surface area is 157 Å². The van der Waals surface area contributed by atoms with Crippen molar-refractivity contribution < 1.29 is 0 Å². The molecule has 0 amide bonds. The number of aryl methyl sites for hydroxylation is 1. The first-order valence-corrected chi connectivity index (χ1v) is 10.5. The van der Waals surface area contributed by atoms with E-state index >= 15 is 0 Å². The summed E-state index contributed by atoms with van der Waals surface area (Å²) in [4.78, 5) is 6.56. The van der Waals surface area contributed by atoms with E-state index in [9.17, 15) is 0 Å². The SMILES string of the molecule is Cc1ccc(N(CCCSc2ccccc2)CCN2CCCC2)cc1. The molecule has 0 bridgehead atoms. The molecule has 3 heteroatoms. The van der Waals surface area contributed by atoms with Gasteiger partial charge in [0.05, 0.1) is 0 Å². The Hall–Kier alpha value is -1.45. The van der Waals surface area contributed by atoms with E-state index in [2.05, 4.69) is 71.3 Å². The number of hydrogen-bond acceptors (Lipinski definition) is 3. The van der Waals surface area contributed by atoms with Crippen molar-refractivity contribution in [2.75, 3.05) is 43.4 Å². The molecule has 0 atom stereocenters. The van der Waals surface area contributed by atoms with Crippen LogP contribution < -0.4 is 4.90 Å². The van der Waals surface area contributed by atoms with E-state index in [1.165, 1.54) is 60.8 Å². The second-order valence-electron chi connectivity index (χ2n) is 6.89. The molecule has 1 aliphatic heterocycles. The molecule has 1 saturated heterocycles. The third kappa shape index (κ3) is 6.09. The predicted molar refractivity (Wildman–Crippen MR) is 111 cm³/mol. The summed E-state index contributed by atoms with van der Waals surface area (Å²) >= 11 is 1.97. The van der Waals surface area contributed by atoms with Crippen LogP contribution in [0.5, 0.6) is 0 Å². The van der Waals surface area contributed by atoms with Crippen LogP contribution in [0.4, 0.5) is 5.69 Å². The van der Waals surface area contributed by atoms with E-state index in [1.807, 2.05) is 11.8 Å². The van der Waals surface area contributed by atoms with Crippen LogP contribution in [0.3, 0.4) is 0 Å².